The minimum atomic E-state index is 0.597. The highest BCUT2D eigenvalue weighted by Gasteiger charge is 2.36. The van der Waals surface area contributed by atoms with Gasteiger partial charge in [0.15, 0.2) is 0 Å². The third kappa shape index (κ3) is 1.22. The Labute approximate surface area is 84.3 Å². The maximum Gasteiger partial charge on any atom is 0.119 e. The topological polar surface area (TPSA) is 21.3 Å². The summed E-state index contributed by atoms with van der Waals surface area (Å²) in [4.78, 5) is 0. The predicted molar refractivity (Wildman–Crippen MR) is 55.3 cm³/mol. The summed E-state index contributed by atoms with van der Waals surface area (Å²) in [5, 5.41) is 3.58. The van der Waals surface area contributed by atoms with E-state index in [1.807, 2.05) is 0 Å². The van der Waals surface area contributed by atoms with E-state index < -0.39 is 0 Å². The van der Waals surface area contributed by atoms with Crippen LogP contribution in [-0.4, -0.2) is 7.11 Å². The molecule has 1 aromatic rings. The molecule has 3 rings (SSSR count). The second-order valence-electron chi connectivity index (χ2n) is 4.26. The first kappa shape index (κ1) is 8.30. The average molecular weight is 189 g/mol. The molecule has 74 valence electrons. The van der Waals surface area contributed by atoms with Gasteiger partial charge in [0.1, 0.15) is 5.75 Å². The van der Waals surface area contributed by atoms with Gasteiger partial charge in [-0.05, 0) is 42.0 Å². The zero-order valence-corrected chi connectivity index (χ0v) is 8.42. The standard InChI is InChI=1S/C12H15NO/c1-14-10-5-4-9-7-13-12(8-2-3-8)11(9)6-10/h4-6,8,12-13H,2-3,7H2,1H3. The van der Waals surface area contributed by atoms with Crippen molar-refractivity contribution in [1.29, 1.82) is 0 Å². The number of hydrogen-bond acceptors (Lipinski definition) is 2. The predicted octanol–water partition coefficient (Wildman–Crippen LogP) is 2.25. The summed E-state index contributed by atoms with van der Waals surface area (Å²) in [6.07, 6.45) is 2.77. The van der Waals surface area contributed by atoms with Crippen LogP contribution >= 0.6 is 0 Å². The minimum Gasteiger partial charge on any atom is -0.497 e. The largest absolute Gasteiger partial charge is 0.497 e. The number of ether oxygens (including phenoxy) is 1. The number of fused-ring (bicyclic) bond motifs is 1. The van der Waals surface area contributed by atoms with E-state index in [1.54, 1.807) is 7.11 Å². The molecule has 2 nitrogen and oxygen atoms in total. The fraction of sp³-hybridized carbons (Fsp3) is 0.500. The van der Waals surface area contributed by atoms with Crippen molar-refractivity contribution in [3.05, 3.63) is 29.3 Å². The van der Waals surface area contributed by atoms with Crippen LogP contribution in [0.25, 0.3) is 0 Å². The molecule has 14 heavy (non-hydrogen) atoms. The van der Waals surface area contributed by atoms with Gasteiger partial charge in [-0.15, -0.1) is 0 Å². The van der Waals surface area contributed by atoms with Gasteiger partial charge in [-0.1, -0.05) is 6.07 Å². The van der Waals surface area contributed by atoms with Crippen LogP contribution in [0.5, 0.6) is 5.75 Å². The molecule has 0 saturated heterocycles. The maximum atomic E-state index is 5.26. The number of hydrogen-bond donors (Lipinski definition) is 1. The van der Waals surface area contributed by atoms with Crippen molar-refractivity contribution in [2.45, 2.75) is 25.4 Å². The number of methoxy groups -OCH3 is 1. The lowest BCUT2D eigenvalue weighted by Gasteiger charge is -2.11. The smallest absolute Gasteiger partial charge is 0.119 e. The van der Waals surface area contributed by atoms with Crippen LogP contribution in [-0.2, 0) is 6.54 Å². The number of nitrogens with one attached hydrogen (secondary N) is 1. The van der Waals surface area contributed by atoms with Crippen molar-refractivity contribution in [2.75, 3.05) is 7.11 Å². The molecule has 0 aromatic heterocycles. The maximum absolute atomic E-state index is 5.26. The van der Waals surface area contributed by atoms with Crippen LogP contribution in [0.3, 0.4) is 0 Å². The molecule has 0 amide bonds. The highest BCUT2D eigenvalue weighted by molar-refractivity contribution is 5.41. The van der Waals surface area contributed by atoms with Crippen LogP contribution in [0, 0.1) is 5.92 Å². The first-order chi connectivity index (χ1) is 6.88. The number of benzene rings is 1. The van der Waals surface area contributed by atoms with Gasteiger partial charge in [-0.2, -0.15) is 0 Å². The van der Waals surface area contributed by atoms with E-state index in [0.717, 1.165) is 18.2 Å². The molecule has 1 fully saturated rings. The Kier molecular flexibility index (Phi) is 1.77. The molecule has 0 radical (unpaired) electrons. The molecule has 0 spiro atoms. The van der Waals surface area contributed by atoms with Crippen LogP contribution in [0.15, 0.2) is 18.2 Å². The van der Waals surface area contributed by atoms with E-state index in [0.29, 0.717) is 6.04 Å². The van der Waals surface area contributed by atoms with Gasteiger partial charge < -0.3 is 10.1 Å². The first-order valence-corrected chi connectivity index (χ1v) is 5.28. The van der Waals surface area contributed by atoms with Gasteiger partial charge in [0.05, 0.1) is 7.11 Å². The third-order valence-corrected chi connectivity index (χ3v) is 3.29. The summed E-state index contributed by atoms with van der Waals surface area (Å²) in [5.74, 6) is 1.86. The van der Waals surface area contributed by atoms with Crippen molar-refractivity contribution in [2.24, 2.45) is 5.92 Å². The summed E-state index contributed by atoms with van der Waals surface area (Å²) in [6.45, 7) is 1.03. The van der Waals surface area contributed by atoms with Gasteiger partial charge in [0.25, 0.3) is 0 Å². The lowest BCUT2D eigenvalue weighted by molar-refractivity contribution is 0.413. The van der Waals surface area contributed by atoms with Gasteiger partial charge in [0, 0.05) is 12.6 Å². The van der Waals surface area contributed by atoms with Crippen LogP contribution in [0.4, 0.5) is 0 Å². The van der Waals surface area contributed by atoms with E-state index in [-0.39, 0.29) is 0 Å². The van der Waals surface area contributed by atoms with Gasteiger partial charge >= 0.3 is 0 Å². The fourth-order valence-corrected chi connectivity index (χ4v) is 2.33. The Morgan fingerprint density at radius 2 is 2.21 bits per heavy atom. The van der Waals surface area contributed by atoms with E-state index in [4.69, 9.17) is 4.74 Å². The zero-order chi connectivity index (χ0) is 9.54. The van der Waals surface area contributed by atoms with Crippen LogP contribution < -0.4 is 10.1 Å². The highest BCUT2D eigenvalue weighted by Crippen LogP contribution is 2.45. The molecular weight excluding hydrogens is 174 g/mol. The van der Waals surface area contributed by atoms with Crippen LogP contribution in [0.2, 0.25) is 0 Å². The summed E-state index contributed by atoms with van der Waals surface area (Å²) in [6, 6.07) is 7.03. The second-order valence-corrected chi connectivity index (χ2v) is 4.26. The Balaban J connectivity index is 1.98. The molecule has 1 aromatic carbocycles. The van der Waals surface area contributed by atoms with Crippen molar-refractivity contribution >= 4 is 0 Å². The van der Waals surface area contributed by atoms with Gasteiger partial charge in [0.2, 0.25) is 0 Å². The minimum absolute atomic E-state index is 0.597. The summed E-state index contributed by atoms with van der Waals surface area (Å²) < 4.78 is 5.26. The molecule has 1 saturated carbocycles. The second kappa shape index (κ2) is 2.99. The Morgan fingerprint density at radius 3 is 2.93 bits per heavy atom. The molecule has 1 heterocycles. The molecule has 0 bridgehead atoms. The van der Waals surface area contributed by atoms with Gasteiger partial charge in [-0.25, -0.2) is 0 Å². The third-order valence-electron chi connectivity index (χ3n) is 3.29. The SMILES string of the molecule is COc1ccc2c(c1)C(C1CC1)NC2. The zero-order valence-electron chi connectivity index (χ0n) is 8.42. The van der Waals surface area contributed by atoms with Crippen molar-refractivity contribution in [1.82, 2.24) is 5.32 Å². The normalized spacial score (nSPS) is 24.8. The molecule has 1 atom stereocenters. The van der Waals surface area contributed by atoms with E-state index >= 15 is 0 Å². The fourth-order valence-electron chi connectivity index (χ4n) is 2.33. The Hall–Kier alpha value is -1.02. The highest BCUT2D eigenvalue weighted by atomic mass is 16.5. The Bertz CT molecular complexity index is 357. The number of rotatable bonds is 2. The average Bonchev–Trinajstić information content (AvgIpc) is 2.98. The van der Waals surface area contributed by atoms with Gasteiger partial charge in [-0.3, -0.25) is 0 Å². The quantitative estimate of drug-likeness (QED) is 0.770. The first-order valence-electron chi connectivity index (χ1n) is 5.28. The molecule has 1 unspecified atom stereocenters. The summed E-state index contributed by atoms with van der Waals surface area (Å²) >= 11 is 0. The van der Waals surface area contributed by atoms with E-state index in [2.05, 4.69) is 23.5 Å². The molecular formula is C12H15NO. The summed E-state index contributed by atoms with van der Waals surface area (Å²) in [5.41, 5.74) is 2.91. The van der Waals surface area contributed by atoms with Crippen molar-refractivity contribution in [3.8, 4) is 5.75 Å². The van der Waals surface area contributed by atoms with Crippen molar-refractivity contribution < 1.29 is 4.74 Å². The Morgan fingerprint density at radius 1 is 1.36 bits per heavy atom. The molecule has 2 heteroatoms. The molecule has 1 aliphatic carbocycles. The molecule has 1 aliphatic heterocycles. The lowest BCUT2D eigenvalue weighted by atomic mass is 10.0. The monoisotopic (exact) mass is 189 g/mol. The molecule has 1 N–H and O–H groups in total. The summed E-state index contributed by atoms with van der Waals surface area (Å²) in [7, 11) is 1.73. The van der Waals surface area contributed by atoms with Crippen molar-refractivity contribution in [3.63, 3.8) is 0 Å². The molecule has 2 aliphatic rings. The lowest BCUT2D eigenvalue weighted by Crippen LogP contribution is -2.13. The van der Waals surface area contributed by atoms with E-state index in [9.17, 15) is 0 Å². The van der Waals surface area contributed by atoms with E-state index in [1.165, 1.54) is 24.0 Å². The van der Waals surface area contributed by atoms with Crippen LogP contribution in [0.1, 0.15) is 30.0 Å².